The summed E-state index contributed by atoms with van der Waals surface area (Å²) in [6.07, 6.45) is -9.86. The van der Waals surface area contributed by atoms with E-state index >= 15 is 0 Å². The lowest BCUT2D eigenvalue weighted by Gasteiger charge is -2.45. The van der Waals surface area contributed by atoms with Crippen LogP contribution in [0.3, 0.4) is 0 Å². The molecule has 2 fully saturated rings. The number of methoxy groups -OCH3 is 1. The summed E-state index contributed by atoms with van der Waals surface area (Å²) in [4.78, 5) is 0. The molecule has 2 aliphatic rings. The van der Waals surface area contributed by atoms with E-state index in [0.717, 1.165) is 7.11 Å². The van der Waals surface area contributed by atoms with Gasteiger partial charge in [0.2, 0.25) is 0 Å². The van der Waals surface area contributed by atoms with Gasteiger partial charge in [-0.1, -0.05) is 6.92 Å². The van der Waals surface area contributed by atoms with E-state index in [1.165, 1.54) is 13.8 Å². The molecule has 14 nitrogen and oxygen atoms in total. The summed E-state index contributed by atoms with van der Waals surface area (Å²) in [5.74, 6) is -0.738. The highest BCUT2D eigenvalue weighted by Crippen LogP contribution is 2.34. The van der Waals surface area contributed by atoms with Crippen LogP contribution in [0.4, 0.5) is 0 Å². The van der Waals surface area contributed by atoms with Gasteiger partial charge in [-0.05, 0) is 6.92 Å². The van der Waals surface area contributed by atoms with E-state index in [0.29, 0.717) is 0 Å². The molecule has 0 aromatic carbocycles. The van der Waals surface area contributed by atoms with Crippen molar-refractivity contribution in [3.63, 3.8) is 0 Å². The molecule has 2 aliphatic heterocycles. The maximum atomic E-state index is 12.1. The van der Waals surface area contributed by atoms with E-state index in [2.05, 4.69) is 8.67 Å². The smallest absolute Gasteiger partial charge is 0.269 e. The van der Waals surface area contributed by atoms with Gasteiger partial charge in [-0.2, -0.15) is 16.8 Å². The van der Waals surface area contributed by atoms with Gasteiger partial charge in [0.15, 0.2) is 17.8 Å². The van der Waals surface area contributed by atoms with Crippen molar-refractivity contribution in [1.29, 1.82) is 0 Å². The Labute approximate surface area is 166 Å². The predicted octanol–water partition coefficient (Wildman–Crippen LogP) is -4.54. The number of aliphatic hydroxyl groups excluding tert-OH is 2. The Morgan fingerprint density at radius 2 is 1.48 bits per heavy atom. The summed E-state index contributed by atoms with van der Waals surface area (Å²) >= 11 is 0. The van der Waals surface area contributed by atoms with Crippen LogP contribution >= 0.6 is 0 Å². The zero-order valence-corrected chi connectivity index (χ0v) is 17.1. The second-order valence-corrected chi connectivity index (χ2v) is 10.1. The Hall–Kier alpha value is -0.500. The standard InChI is InChI=1S/C13H24O14S2/c1-5-4-23-13(11(7(5)14)29(20,21)27-17)25-9-6(2)24-12(22-3)8(15)10(9)28(18,19)26-16/h5-17H,4H2,1-3H3/p-2/t5-,6?,7+,8+,9+,10+,11-,12?,13+/m1/s1. The number of hydrogen-bond acceptors (Lipinski definition) is 14. The van der Waals surface area contributed by atoms with Gasteiger partial charge in [0.25, 0.3) is 20.2 Å². The molecule has 2 saturated heterocycles. The fourth-order valence-electron chi connectivity index (χ4n) is 3.30. The van der Waals surface area contributed by atoms with E-state index in [4.69, 9.17) is 18.9 Å². The molecule has 2 unspecified atom stereocenters. The number of aliphatic hydroxyl groups is 2. The van der Waals surface area contributed by atoms with Crippen LogP contribution in [0.2, 0.25) is 0 Å². The summed E-state index contributed by atoms with van der Waals surface area (Å²) in [5, 5.41) is 37.8. The lowest BCUT2D eigenvalue weighted by atomic mass is 9.99. The van der Waals surface area contributed by atoms with Gasteiger partial charge in [0, 0.05) is 13.0 Å². The molecule has 16 heteroatoms. The molecule has 0 aliphatic carbocycles. The van der Waals surface area contributed by atoms with Gasteiger partial charge in [0.1, 0.15) is 17.5 Å². The Morgan fingerprint density at radius 1 is 0.931 bits per heavy atom. The molecule has 0 spiro atoms. The van der Waals surface area contributed by atoms with Gasteiger partial charge in [-0.3, -0.25) is 0 Å². The largest absolute Gasteiger partial charge is 0.707 e. The first-order valence-electron chi connectivity index (χ1n) is 8.33. The zero-order chi connectivity index (χ0) is 22.1. The predicted molar refractivity (Wildman–Crippen MR) is 84.7 cm³/mol. The van der Waals surface area contributed by atoms with Crippen molar-refractivity contribution in [1.82, 2.24) is 0 Å². The van der Waals surface area contributed by atoms with Crippen molar-refractivity contribution in [2.45, 2.75) is 61.3 Å². The molecule has 29 heavy (non-hydrogen) atoms. The molecule has 172 valence electrons. The quantitative estimate of drug-likeness (QED) is 0.267. The normalized spacial score (nSPS) is 42.0. The van der Waals surface area contributed by atoms with Crippen LogP contribution in [0.25, 0.3) is 0 Å². The molecule has 0 aromatic heterocycles. The highest BCUT2D eigenvalue weighted by atomic mass is 32.2. The topological polar surface area (TPSA) is 210 Å². The molecular formula is C13H22O14S2-2. The minimum Gasteiger partial charge on any atom is -0.707 e. The third-order valence-corrected chi connectivity index (χ3v) is 7.60. The zero-order valence-electron chi connectivity index (χ0n) is 15.5. The summed E-state index contributed by atoms with van der Waals surface area (Å²) in [6, 6.07) is 0. The van der Waals surface area contributed by atoms with Crippen molar-refractivity contribution < 1.29 is 65.2 Å². The SMILES string of the molecule is COC1OC(C)[C@H](O[C@@H]2OC[C@@H](C)[C@H](O)[C@H]2S(=O)(=O)O[O-])[C@@H](S(=O)(=O)O[O-])[C@@H]1O. The third-order valence-electron chi connectivity index (χ3n) is 4.84. The first-order valence-corrected chi connectivity index (χ1v) is 11.3. The van der Waals surface area contributed by atoms with Crippen LogP contribution in [0.15, 0.2) is 0 Å². The van der Waals surface area contributed by atoms with Crippen LogP contribution in [0, 0.1) is 5.92 Å². The number of ether oxygens (including phenoxy) is 4. The Balaban J connectivity index is 2.41. The van der Waals surface area contributed by atoms with Crippen molar-refractivity contribution in [3.8, 4) is 0 Å². The molecule has 0 aromatic rings. The molecule has 0 bridgehead atoms. The van der Waals surface area contributed by atoms with Crippen LogP contribution in [-0.4, -0.2) is 88.3 Å². The first-order chi connectivity index (χ1) is 13.4. The Kier molecular flexibility index (Phi) is 7.97. The maximum Gasteiger partial charge on any atom is 0.269 e. The average Bonchev–Trinajstić information content (AvgIpc) is 2.66. The van der Waals surface area contributed by atoms with E-state index in [-0.39, 0.29) is 6.61 Å². The number of rotatable bonds is 7. The van der Waals surface area contributed by atoms with Crippen molar-refractivity contribution in [3.05, 3.63) is 0 Å². The first kappa shape index (κ1) is 24.8. The van der Waals surface area contributed by atoms with Gasteiger partial charge in [-0.15, -0.1) is 0 Å². The molecule has 0 amide bonds. The maximum absolute atomic E-state index is 12.1. The lowest BCUT2D eigenvalue weighted by Crippen LogP contribution is -2.64. The van der Waals surface area contributed by atoms with Crippen LogP contribution in [0.5, 0.6) is 0 Å². The summed E-state index contributed by atoms with van der Waals surface area (Å²) in [7, 11) is -8.80. The second-order valence-electron chi connectivity index (χ2n) is 6.76. The molecule has 2 rings (SSSR count). The Bertz CT molecular complexity index is 753. The molecular weight excluding hydrogens is 444 g/mol. The number of hydrogen-bond donors (Lipinski definition) is 2. The summed E-state index contributed by atoms with van der Waals surface area (Å²) < 4.78 is 75.4. The van der Waals surface area contributed by atoms with Crippen LogP contribution in [0.1, 0.15) is 13.8 Å². The summed E-state index contributed by atoms with van der Waals surface area (Å²) in [5.41, 5.74) is 0. The molecule has 2 heterocycles. The van der Waals surface area contributed by atoms with E-state index in [1.54, 1.807) is 0 Å². The summed E-state index contributed by atoms with van der Waals surface area (Å²) in [6.45, 7) is 2.52. The van der Waals surface area contributed by atoms with Crippen LogP contribution in [-0.2, 0) is 47.9 Å². The molecule has 9 atom stereocenters. The fourth-order valence-corrected chi connectivity index (χ4v) is 5.59. The van der Waals surface area contributed by atoms with E-state index < -0.39 is 73.6 Å². The monoisotopic (exact) mass is 466 g/mol. The third kappa shape index (κ3) is 4.89. The van der Waals surface area contributed by atoms with Gasteiger partial charge in [-0.25, -0.2) is 0 Å². The van der Waals surface area contributed by atoms with E-state index in [9.17, 15) is 37.6 Å². The van der Waals surface area contributed by atoms with E-state index in [1.807, 2.05) is 0 Å². The lowest BCUT2D eigenvalue weighted by molar-refractivity contribution is -0.635. The minimum absolute atomic E-state index is 0.211. The Morgan fingerprint density at radius 3 is 2.00 bits per heavy atom. The minimum atomic E-state index is -4.98. The van der Waals surface area contributed by atoms with Crippen molar-refractivity contribution in [2.75, 3.05) is 13.7 Å². The molecule has 0 saturated carbocycles. The van der Waals surface area contributed by atoms with Crippen LogP contribution < -0.4 is 10.5 Å². The molecule has 2 N–H and O–H groups in total. The van der Waals surface area contributed by atoms with Gasteiger partial charge in [0.05, 0.1) is 18.8 Å². The highest BCUT2D eigenvalue weighted by molar-refractivity contribution is 7.87. The average molecular weight is 466 g/mol. The van der Waals surface area contributed by atoms with Gasteiger partial charge < -0.3 is 48.3 Å². The molecule has 0 radical (unpaired) electrons. The van der Waals surface area contributed by atoms with Crippen molar-refractivity contribution >= 4 is 20.2 Å². The van der Waals surface area contributed by atoms with Gasteiger partial charge >= 0.3 is 0 Å². The highest BCUT2D eigenvalue weighted by Gasteiger charge is 2.55. The fraction of sp³-hybridized carbons (Fsp3) is 1.00. The second kappa shape index (κ2) is 9.33. The van der Waals surface area contributed by atoms with Crippen molar-refractivity contribution in [2.24, 2.45) is 5.92 Å².